The monoisotopic (exact) mass is 476 g/mol. The SMILES string of the molecule is CC1C=CC=C1.Cc1ccccc1.Cc1ccccc1.Cn1ccc2ccccc21.Cn1cccc1. The molecule has 0 amide bonds. The van der Waals surface area contributed by atoms with Gasteiger partial charge in [0.1, 0.15) is 0 Å². The van der Waals surface area contributed by atoms with Gasteiger partial charge in [0.25, 0.3) is 0 Å². The van der Waals surface area contributed by atoms with Crippen molar-refractivity contribution in [1.82, 2.24) is 9.13 Å². The van der Waals surface area contributed by atoms with Crippen LogP contribution in [-0.4, -0.2) is 9.13 Å². The summed E-state index contributed by atoms with van der Waals surface area (Å²) in [6.07, 6.45) is 14.6. The molecular formula is C34H40N2. The maximum absolute atomic E-state index is 2.17. The fraction of sp³-hybridized carbons (Fsp3) is 0.176. The van der Waals surface area contributed by atoms with Crippen molar-refractivity contribution < 1.29 is 0 Å². The first-order chi connectivity index (χ1) is 17.5. The van der Waals surface area contributed by atoms with Crippen LogP contribution in [0, 0.1) is 19.8 Å². The summed E-state index contributed by atoms with van der Waals surface area (Å²) in [6.45, 7) is 6.33. The summed E-state index contributed by atoms with van der Waals surface area (Å²) in [7, 11) is 4.06. The van der Waals surface area contributed by atoms with Gasteiger partial charge in [0, 0.05) is 38.2 Å². The maximum atomic E-state index is 2.17. The van der Waals surface area contributed by atoms with Crippen molar-refractivity contribution in [1.29, 1.82) is 0 Å². The van der Waals surface area contributed by atoms with Crippen LogP contribution >= 0.6 is 0 Å². The van der Waals surface area contributed by atoms with Gasteiger partial charge in [-0.3, -0.25) is 0 Å². The largest absolute Gasteiger partial charge is 0.357 e. The molecule has 3 aromatic carbocycles. The van der Waals surface area contributed by atoms with E-state index in [-0.39, 0.29) is 0 Å². The molecule has 2 aromatic heterocycles. The van der Waals surface area contributed by atoms with Gasteiger partial charge in [-0.2, -0.15) is 0 Å². The minimum Gasteiger partial charge on any atom is -0.357 e. The summed E-state index contributed by atoms with van der Waals surface area (Å²) in [5.41, 5.74) is 3.94. The molecule has 0 bridgehead atoms. The van der Waals surface area contributed by atoms with Gasteiger partial charge in [0.2, 0.25) is 0 Å². The van der Waals surface area contributed by atoms with E-state index >= 15 is 0 Å². The Labute approximate surface area is 217 Å². The number of aromatic nitrogens is 2. The summed E-state index contributed by atoms with van der Waals surface area (Å²) < 4.78 is 4.12. The van der Waals surface area contributed by atoms with Gasteiger partial charge in [-0.1, -0.05) is 121 Å². The van der Waals surface area contributed by atoms with Crippen molar-refractivity contribution in [3.63, 3.8) is 0 Å². The highest BCUT2D eigenvalue weighted by Crippen LogP contribution is 2.12. The molecule has 0 fully saturated rings. The van der Waals surface area contributed by atoms with Crippen LogP contribution in [-0.2, 0) is 14.1 Å². The van der Waals surface area contributed by atoms with E-state index in [1.165, 1.54) is 22.0 Å². The highest BCUT2D eigenvalue weighted by Gasteiger charge is 1.92. The Morgan fingerprint density at radius 3 is 1.33 bits per heavy atom. The maximum Gasteiger partial charge on any atom is 0.0477 e. The zero-order valence-electron chi connectivity index (χ0n) is 22.3. The molecule has 36 heavy (non-hydrogen) atoms. The Hall–Kier alpha value is -4.04. The van der Waals surface area contributed by atoms with Gasteiger partial charge in [-0.15, -0.1) is 0 Å². The number of allylic oxidation sites excluding steroid dienone is 4. The molecule has 0 N–H and O–H groups in total. The van der Waals surface area contributed by atoms with Gasteiger partial charge >= 0.3 is 0 Å². The molecule has 186 valence electrons. The minimum absolute atomic E-state index is 0.685. The van der Waals surface area contributed by atoms with E-state index in [0.717, 1.165) is 0 Å². The van der Waals surface area contributed by atoms with Gasteiger partial charge in [-0.25, -0.2) is 0 Å². The zero-order chi connectivity index (χ0) is 26.0. The molecule has 0 radical (unpaired) electrons. The lowest BCUT2D eigenvalue weighted by Gasteiger charge is -1.92. The Morgan fingerprint density at radius 1 is 0.528 bits per heavy atom. The van der Waals surface area contributed by atoms with Crippen molar-refractivity contribution in [3.8, 4) is 0 Å². The number of hydrogen-bond donors (Lipinski definition) is 0. The quantitative estimate of drug-likeness (QED) is 0.211. The Kier molecular flexibility index (Phi) is 13.0. The second-order valence-corrected chi connectivity index (χ2v) is 8.77. The molecule has 0 unspecified atom stereocenters. The standard InChI is InChI=1S/C9H9N.2C7H8.C6H8.C5H7N/c1-10-7-6-8-4-2-3-5-9(8)10;2*1-7-5-3-2-4-6-7;2*1-6-4-2-3-5-6/h2-7H,1H3;2*2-6H,1H3;2-6H,1H3;2-5H,1H3. The summed E-state index contributed by atoms with van der Waals surface area (Å²) in [6, 6.07) is 35.0. The molecule has 0 saturated carbocycles. The third kappa shape index (κ3) is 11.9. The van der Waals surface area contributed by atoms with Crippen LogP contribution in [0.15, 0.2) is 146 Å². The number of nitrogens with zero attached hydrogens (tertiary/aromatic N) is 2. The van der Waals surface area contributed by atoms with Gasteiger partial charge in [-0.05, 0) is 49.4 Å². The molecule has 2 heteroatoms. The van der Waals surface area contributed by atoms with E-state index < -0.39 is 0 Å². The van der Waals surface area contributed by atoms with Crippen molar-refractivity contribution in [2.24, 2.45) is 20.0 Å². The molecule has 1 aliphatic carbocycles. The van der Waals surface area contributed by atoms with Crippen molar-refractivity contribution in [3.05, 3.63) is 157 Å². The Bertz CT molecular complexity index is 1210. The summed E-state index contributed by atoms with van der Waals surface area (Å²) in [4.78, 5) is 0. The smallest absolute Gasteiger partial charge is 0.0477 e. The number of benzene rings is 3. The topological polar surface area (TPSA) is 9.86 Å². The molecule has 2 heterocycles. The fourth-order valence-corrected chi connectivity index (χ4v) is 3.25. The summed E-state index contributed by atoms with van der Waals surface area (Å²) >= 11 is 0. The number of fused-ring (bicyclic) bond motifs is 1. The van der Waals surface area contributed by atoms with Crippen molar-refractivity contribution >= 4 is 10.9 Å². The first-order valence-electron chi connectivity index (χ1n) is 12.4. The van der Waals surface area contributed by atoms with E-state index in [9.17, 15) is 0 Å². The predicted octanol–water partition coefficient (Wildman–Crippen LogP) is 8.94. The van der Waals surface area contributed by atoms with E-state index in [1.54, 1.807) is 0 Å². The van der Waals surface area contributed by atoms with E-state index in [0.29, 0.717) is 5.92 Å². The minimum atomic E-state index is 0.685. The number of rotatable bonds is 0. The van der Waals surface area contributed by atoms with E-state index in [1.807, 2.05) is 72.5 Å². The lowest BCUT2D eigenvalue weighted by Crippen LogP contribution is -1.81. The summed E-state index contributed by atoms with van der Waals surface area (Å²) in [5, 5.41) is 1.31. The highest BCUT2D eigenvalue weighted by molar-refractivity contribution is 5.79. The van der Waals surface area contributed by atoms with E-state index in [4.69, 9.17) is 0 Å². The lowest BCUT2D eigenvalue weighted by atomic mass is 10.2. The van der Waals surface area contributed by atoms with Crippen LogP contribution in [0.2, 0.25) is 0 Å². The first kappa shape index (κ1) is 28.2. The molecule has 0 spiro atoms. The van der Waals surface area contributed by atoms with Crippen molar-refractivity contribution in [2.75, 3.05) is 0 Å². The van der Waals surface area contributed by atoms with Crippen LogP contribution in [0.1, 0.15) is 18.1 Å². The highest BCUT2D eigenvalue weighted by atomic mass is 14.9. The fourth-order valence-electron chi connectivity index (χ4n) is 3.25. The number of para-hydroxylation sites is 1. The molecule has 2 nitrogen and oxygen atoms in total. The average molecular weight is 477 g/mol. The second kappa shape index (κ2) is 16.6. The number of hydrogen-bond acceptors (Lipinski definition) is 0. The molecule has 0 aliphatic heterocycles. The molecule has 5 aromatic rings. The van der Waals surface area contributed by atoms with Crippen LogP contribution in [0.3, 0.4) is 0 Å². The van der Waals surface area contributed by atoms with Crippen LogP contribution < -0.4 is 0 Å². The van der Waals surface area contributed by atoms with Gasteiger partial charge < -0.3 is 9.13 Å². The predicted molar refractivity (Wildman–Crippen MR) is 158 cm³/mol. The molecule has 1 aliphatic rings. The molecule has 0 saturated heterocycles. The molecular weight excluding hydrogens is 436 g/mol. The number of aryl methyl sites for hydroxylation is 4. The second-order valence-electron chi connectivity index (χ2n) is 8.77. The van der Waals surface area contributed by atoms with E-state index in [2.05, 4.69) is 117 Å². The Balaban J connectivity index is 0.000000161. The average Bonchev–Trinajstić information content (AvgIpc) is 3.66. The first-order valence-corrected chi connectivity index (χ1v) is 12.4. The normalized spacial score (nSPS) is 11.1. The lowest BCUT2D eigenvalue weighted by molar-refractivity contribution is 0.928. The summed E-state index contributed by atoms with van der Waals surface area (Å²) in [5.74, 6) is 0.685. The molecule has 0 atom stereocenters. The Morgan fingerprint density at radius 2 is 1.00 bits per heavy atom. The van der Waals surface area contributed by atoms with Crippen LogP contribution in [0.4, 0.5) is 0 Å². The third-order valence-electron chi connectivity index (χ3n) is 5.37. The third-order valence-corrected chi connectivity index (χ3v) is 5.37. The van der Waals surface area contributed by atoms with Crippen LogP contribution in [0.5, 0.6) is 0 Å². The molecule has 6 rings (SSSR count). The van der Waals surface area contributed by atoms with Crippen molar-refractivity contribution in [2.45, 2.75) is 20.8 Å². The van der Waals surface area contributed by atoms with Gasteiger partial charge in [0.15, 0.2) is 0 Å². The zero-order valence-corrected chi connectivity index (χ0v) is 22.3. The van der Waals surface area contributed by atoms with Gasteiger partial charge in [0.05, 0.1) is 0 Å². The van der Waals surface area contributed by atoms with Crippen LogP contribution in [0.25, 0.3) is 10.9 Å².